The fourth-order valence-corrected chi connectivity index (χ4v) is 2.09. The number of amides is 1. The van der Waals surface area contributed by atoms with Crippen molar-refractivity contribution in [2.45, 2.75) is 18.9 Å². The highest BCUT2D eigenvalue weighted by atomic mass is 32.2. The van der Waals surface area contributed by atoms with Crippen molar-refractivity contribution in [1.29, 1.82) is 0 Å². The van der Waals surface area contributed by atoms with E-state index in [1.807, 2.05) is 0 Å². The molecule has 1 saturated carbocycles. The van der Waals surface area contributed by atoms with Crippen LogP contribution in [0.4, 0.5) is 5.69 Å². The van der Waals surface area contributed by atoms with E-state index < -0.39 is 10.0 Å². The molecule has 0 spiro atoms. The molecule has 8 heteroatoms. The molecule has 1 fully saturated rings. The SMILES string of the molecule is CN(C)C(=O)c1cc(NS(C)(=O)=O)c(OC2CC2)cn1. The van der Waals surface area contributed by atoms with Crippen LogP contribution in [-0.4, -0.2) is 50.7 Å². The topological polar surface area (TPSA) is 88.6 Å². The summed E-state index contributed by atoms with van der Waals surface area (Å²) in [6, 6.07) is 1.39. The molecule has 1 aromatic heterocycles. The molecule has 1 amide bonds. The van der Waals surface area contributed by atoms with Crippen LogP contribution in [0.3, 0.4) is 0 Å². The van der Waals surface area contributed by atoms with Gasteiger partial charge in [0, 0.05) is 14.1 Å². The van der Waals surface area contributed by atoms with E-state index in [0.29, 0.717) is 5.75 Å². The minimum absolute atomic E-state index is 0.104. The zero-order valence-electron chi connectivity index (χ0n) is 11.6. The van der Waals surface area contributed by atoms with Crippen LogP contribution in [0, 0.1) is 0 Å². The van der Waals surface area contributed by atoms with E-state index in [1.54, 1.807) is 14.1 Å². The van der Waals surface area contributed by atoms with Gasteiger partial charge in [-0.15, -0.1) is 0 Å². The van der Waals surface area contributed by atoms with Crippen molar-refractivity contribution in [3.05, 3.63) is 18.0 Å². The summed E-state index contributed by atoms with van der Waals surface area (Å²) in [6.07, 6.45) is 4.41. The average molecular weight is 299 g/mol. The third kappa shape index (κ3) is 3.83. The van der Waals surface area contributed by atoms with E-state index in [-0.39, 0.29) is 23.4 Å². The minimum Gasteiger partial charge on any atom is -0.487 e. The molecular formula is C12H17N3O4S. The van der Waals surface area contributed by atoms with Gasteiger partial charge in [-0.25, -0.2) is 13.4 Å². The molecule has 0 saturated heterocycles. The van der Waals surface area contributed by atoms with E-state index in [4.69, 9.17) is 4.74 Å². The largest absolute Gasteiger partial charge is 0.487 e. The first-order chi connectivity index (χ1) is 9.26. The number of ether oxygens (including phenoxy) is 1. The fraction of sp³-hybridized carbons (Fsp3) is 0.500. The van der Waals surface area contributed by atoms with Crippen LogP contribution in [0.5, 0.6) is 5.75 Å². The lowest BCUT2D eigenvalue weighted by Crippen LogP contribution is -2.23. The van der Waals surface area contributed by atoms with Crippen molar-refractivity contribution >= 4 is 21.6 Å². The van der Waals surface area contributed by atoms with Gasteiger partial charge >= 0.3 is 0 Å². The molecule has 0 unspecified atom stereocenters. The number of sulfonamides is 1. The number of hydrogen-bond acceptors (Lipinski definition) is 5. The molecular weight excluding hydrogens is 282 g/mol. The Bertz CT molecular complexity index is 624. The second kappa shape index (κ2) is 5.28. The first kappa shape index (κ1) is 14.6. The monoisotopic (exact) mass is 299 g/mol. The quantitative estimate of drug-likeness (QED) is 0.864. The van der Waals surface area contributed by atoms with Crippen LogP contribution in [0.25, 0.3) is 0 Å². The molecule has 1 heterocycles. The lowest BCUT2D eigenvalue weighted by molar-refractivity contribution is 0.0822. The number of aromatic nitrogens is 1. The van der Waals surface area contributed by atoms with Gasteiger partial charge in [-0.3, -0.25) is 9.52 Å². The highest BCUT2D eigenvalue weighted by Gasteiger charge is 2.26. The summed E-state index contributed by atoms with van der Waals surface area (Å²) in [5.41, 5.74) is 0.392. The molecule has 1 aliphatic carbocycles. The maximum atomic E-state index is 11.9. The Morgan fingerprint density at radius 2 is 2.10 bits per heavy atom. The first-order valence-electron chi connectivity index (χ1n) is 6.12. The van der Waals surface area contributed by atoms with Gasteiger partial charge < -0.3 is 9.64 Å². The van der Waals surface area contributed by atoms with Gasteiger partial charge in [0.2, 0.25) is 10.0 Å². The standard InChI is InChI=1S/C12H17N3O4S/c1-15(2)12(16)10-6-9(14-20(3,17)18)11(7-13-10)19-8-4-5-8/h6-8H,4-5H2,1-3H3,(H,13,14). The van der Waals surface area contributed by atoms with Crippen molar-refractivity contribution in [1.82, 2.24) is 9.88 Å². The minimum atomic E-state index is -3.46. The molecule has 7 nitrogen and oxygen atoms in total. The van der Waals surface area contributed by atoms with E-state index in [9.17, 15) is 13.2 Å². The summed E-state index contributed by atoms with van der Waals surface area (Å²) in [6.45, 7) is 0. The van der Waals surface area contributed by atoms with Crippen LogP contribution in [0.1, 0.15) is 23.3 Å². The predicted molar refractivity (Wildman–Crippen MR) is 74.4 cm³/mol. The molecule has 110 valence electrons. The van der Waals surface area contributed by atoms with E-state index in [2.05, 4.69) is 9.71 Å². The zero-order valence-corrected chi connectivity index (χ0v) is 12.4. The number of anilines is 1. The number of hydrogen-bond donors (Lipinski definition) is 1. The number of nitrogens with one attached hydrogen (secondary N) is 1. The Hall–Kier alpha value is -1.83. The zero-order chi connectivity index (χ0) is 14.9. The summed E-state index contributed by atoms with van der Waals surface area (Å²) in [7, 11) is -0.261. The number of pyridine rings is 1. The lowest BCUT2D eigenvalue weighted by atomic mass is 10.3. The van der Waals surface area contributed by atoms with Crippen LogP contribution in [0.15, 0.2) is 12.3 Å². The van der Waals surface area contributed by atoms with Crippen LogP contribution in [0.2, 0.25) is 0 Å². The van der Waals surface area contributed by atoms with Crippen LogP contribution < -0.4 is 9.46 Å². The van der Waals surface area contributed by atoms with Gasteiger partial charge in [0.05, 0.1) is 24.2 Å². The van der Waals surface area contributed by atoms with Crippen molar-refractivity contribution in [3.63, 3.8) is 0 Å². The van der Waals surface area contributed by atoms with Gasteiger partial charge in [-0.1, -0.05) is 0 Å². The molecule has 0 aliphatic heterocycles. The first-order valence-corrected chi connectivity index (χ1v) is 8.01. The fourth-order valence-electron chi connectivity index (χ4n) is 1.53. The second-order valence-corrected chi connectivity index (χ2v) is 6.71. The average Bonchev–Trinajstić information content (AvgIpc) is 3.12. The summed E-state index contributed by atoms with van der Waals surface area (Å²) in [5, 5.41) is 0. The molecule has 0 bridgehead atoms. The Balaban J connectivity index is 2.35. The Morgan fingerprint density at radius 3 is 2.60 bits per heavy atom. The molecule has 0 atom stereocenters. The van der Waals surface area contributed by atoms with Gasteiger partial charge in [0.25, 0.3) is 5.91 Å². The third-order valence-electron chi connectivity index (χ3n) is 2.61. The maximum Gasteiger partial charge on any atom is 0.272 e. The molecule has 20 heavy (non-hydrogen) atoms. The Kier molecular flexibility index (Phi) is 3.85. The lowest BCUT2D eigenvalue weighted by Gasteiger charge is -2.14. The normalized spacial score (nSPS) is 14.8. The molecule has 2 rings (SSSR count). The number of nitrogens with zero attached hydrogens (tertiary/aromatic N) is 2. The van der Waals surface area contributed by atoms with Gasteiger partial charge in [-0.05, 0) is 18.9 Å². The van der Waals surface area contributed by atoms with Crippen molar-refractivity contribution in [3.8, 4) is 5.75 Å². The van der Waals surface area contributed by atoms with Gasteiger partial charge in [0.1, 0.15) is 5.69 Å². The molecule has 1 aliphatic rings. The van der Waals surface area contributed by atoms with E-state index in [1.165, 1.54) is 17.2 Å². The van der Waals surface area contributed by atoms with Crippen LogP contribution >= 0.6 is 0 Å². The summed E-state index contributed by atoms with van der Waals surface area (Å²) in [4.78, 5) is 17.2. The number of carbonyl (C=O) groups is 1. The van der Waals surface area contributed by atoms with Crippen LogP contribution in [-0.2, 0) is 10.0 Å². The highest BCUT2D eigenvalue weighted by Crippen LogP contribution is 2.32. The highest BCUT2D eigenvalue weighted by molar-refractivity contribution is 7.92. The van der Waals surface area contributed by atoms with Crippen molar-refractivity contribution in [2.75, 3.05) is 25.1 Å². The van der Waals surface area contributed by atoms with E-state index in [0.717, 1.165) is 19.1 Å². The van der Waals surface area contributed by atoms with Crippen molar-refractivity contribution in [2.24, 2.45) is 0 Å². The number of rotatable bonds is 5. The van der Waals surface area contributed by atoms with Gasteiger partial charge in [0.15, 0.2) is 5.75 Å². The molecule has 1 aromatic rings. The van der Waals surface area contributed by atoms with Crippen molar-refractivity contribution < 1.29 is 17.9 Å². The van der Waals surface area contributed by atoms with E-state index >= 15 is 0 Å². The summed E-state index contributed by atoms with van der Waals surface area (Å²) >= 11 is 0. The summed E-state index contributed by atoms with van der Waals surface area (Å²) in [5.74, 6) is 0.0350. The number of carbonyl (C=O) groups excluding carboxylic acids is 1. The summed E-state index contributed by atoms with van der Waals surface area (Å²) < 4.78 is 30.7. The predicted octanol–water partition coefficient (Wildman–Crippen LogP) is 0.696. The third-order valence-corrected chi connectivity index (χ3v) is 3.20. The van der Waals surface area contributed by atoms with Gasteiger partial charge in [-0.2, -0.15) is 0 Å². The second-order valence-electron chi connectivity index (χ2n) is 4.96. The Labute approximate surface area is 118 Å². The maximum absolute atomic E-state index is 11.9. The smallest absolute Gasteiger partial charge is 0.272 e. The molecule has 1 N–H and O–H groups in total. The Morgan fingerprint density at radius 1 is 1.45 bits per heavy atom. The molecule has 0 aromatic carbocycles. The molecule has 0 radical (unpaired) electrons.